The van der Waals surface area contributed by atoms with E-state index in [1.807, 2.05) is 13.0 Å². The molecule has 4 aliphatic rings. The molecule has 2 N–H and O–H groups in total. The summed E-state index contributed by atoms with van der Waals surface area (Å²) in [5.41, 5.74) is 0.00843. The maximum Gasteiger partial charge on any atom is 0.255 e. The molecule has 9 atom stereocenters. The van der Waals surface area contributed by atoms with Crippen LogP contribution in [0.5, 0.6) is 5.75 Å². The van der Waals surface area contributed by atoms with Crippen molar-refractivity contribution in [1.29, 1.82) is 5.26 Å². The van der Waals surface area contributed by atoms with Gasteiger partial charge >= 0.3 is 0 Å². The Hall–Kier alpha value is -2.69. The summed E-state index contributed by atoms with van der Waals surface area (Å²) in [4.78, 5) is 28.8. The van der Waals surface area contributed by atoms with Crippen LogP contribution in [0.2, 0.25) is 0 Å². The summed E-state index contributed by atoms with van der Waals surface area (Å²) >= 11 is 0. The van der Waals surface area contributed by atoms with Gasteiger partial charge in [0.15, 0.2) is 0 Å². The van der Waals surface area contributed by atoms with Gasteiger partial charge in [-0.1, -0.05) is 39.0 Å². The Kier molecular flexibility index (Phi) is 9.64. The molecule has 7 heteroatoms. The summed E-state index contributed by atoms with van der Waals surface area (Å²) in [6, 6.07) is 9.18. The van der Waals surface area contributed by atoms with Crippen LogP contribution in [-0.4, -0.2) is 59.6 Å². The smallest absolute Gasteiger partial charge is 0.255 e. The number of benzene rings is 1. The maximum absolute atomic E-state index is 13.8. The number of phenols is 1. The van der Waals surface area contributed by atoms with Crippen molar-refractivity contribution in [3.8, 4) is 11.8 Å². The van der Waals surface area contributed by atoms with Crippen molar-refractivity contribution in [3.63, 3.8) is 0 Å². The lowest BCUT2D eigenvalue weighted by molar-refractivity contribution is -0.145. The fraction of sp³-hybridized carbons (Fsp3) is 0.703. The van der Waals surface area contributed by atoms with Crippen LogP contribution >= 0.6 is 0 Å². The monoisotopic (exact) mass is 603 g/mol. The molecule has 1 aromatic rings. The van der Waals surface area contributed by atoms with E-state index in [0.717, 1.165) is 64.6 Å². The molecule has 1 amide bonds. The number of ether oxygens (including phenoxy) is 1. The van der Waals surface area contributed by atoms with Gasteiger partial charge in [-0.05, 0) is 99.0 Å². The van der Waals surface area contributed by atoms with Gasteiger partial charge in [0.25, 0.3) is 5.91 Å². The standard InChI is InChI=1S/C37H53N3O4/c1-6-37(17-26(37)3)20-29(22-38)27(4)33(42)21-36-16-25(2)15-28(19-36)18-35(5,24-36)44-14-13-40-12-11-30(23-40)39-34(43)31-9-7-8-10-32(31)41/h6-10,25-30,41H,1,11-21,23-24H2,2-5H3,(H,39,43)/t25?,26-,27?,28?,29-,30+,35?,36?,37-/m0/s1. The SMILES string of the molecule is C=C[C@@]1(C[C@@H](C#N)C(C)C(=O)CC23CC(C)CC(C2)CC(C)(OCCN2CC[C@@H](NC(=O)c4ccccc4O)C2)C3)C[C@@H]1C. The minimum atomic E-state index is -0.268. The molecule has 0 radical (unpaired) electrons. The number of phenolic OH excluding ortho intramolecular Hbond substituents is 1. The zero-order valence-corrected chi connectivity index (χ0v) is 27.3. The van der Waals surface area contributed by atoms with Crippen LogP contribution in [0.4, 0.5) is 0 Å². The molecule has 5 rings (SSSR count). The number of Topliss-reactive ketones (excluding diaryl/α,β-unsaturated/α-hetero) is 1. The third-order valence-corrected chi connectivity index (χ3v) is 11.7. The molecule has 7 nitrogen and oxygen atoms in total. The first-order chi connectivity index (χ1) is 20.9. The van der Waals surface area contributed by atoms with Crippen LogP contribution in [0.1, 0.15) is 95.8 Å². The van der Waals surface area contributed by atoms with E-state index in [4.69, 9.17) is 4.74 Å². The number of nitriles is 1. The number of carbonyl (C=O) groups excluding carboxylic acids is 2. The second-order valence-electron chi connectivity index (χ2n) is 15.5. The number of likely N-dealkylation sites (tertiary alicyclic amines) is 1. The number of nitrogens with zero attached hydrogens (tertiary/aromatic N) is 2. The Balaban J connectivity index is 1.14. The Morgan fingerprint density at radius 3 is 2.68 bits per heavy atom. The molecular formula is C37H53N3O4. The van der Waals surface area contributed by atoms with Crippen molar-refractivity contribution in [2.75, 3.05) is 26.2 Å². The van der Waals surface area contributed by atoms with E-state index in [2.05, 4.69) is 43.6 Å². The zero-order valence-electron chi connectivity index (χ0n) is 27.3. The highest BCUT2D eigenvalue weighted by atomic mass is 16.5. The van der Waals surface area contributed by atoms with E-state index in [9.17, 15) is 20.0 Å². The van der Waals surface area contributed by atoms with E-state index < -0.39 is 0 Å². The van der Waals surface area contributed by atoms with Gasteiger partial charge in [-0.2, -0.15) is 5.26 Å². The molecule has 240 valence electrons. The van der Waals surface area contributed by atoms with Gasteiger partial charge < -0.3 is 15.2 Å². The lowest BCUT2D eigenvalue weighted by Gasteiger charge is -2.54. The van der Waals surface area contributed by atoms with Crippen LogP contribution in [0.3, 0.4) is 0 Å². The van der Waals surface area contributed by atoms with Crippen LogP contribution in [-0.2, 0) is 9.53 Å². The number of hydrogen-bond acceptors (Lipinski definition) is 6. The number of rotatable bonds is 13. The number of para-hydroxylation sites is 1. The first-order valence-electron chi connectivity index (χ1n) is 16.9. The minimum Gasteiger partial charge on any atom is -0.507 e. The molecule has 1 aromatic carbocycles. The van der Waals surface area contributed by atoms with Crippen molar-refractivity contribution >= 4 is 11.7 Å². The van der Waals surface area contributed by atoms with E-state index >= 15 is 0 Å². The van der Waals surface area contributed by atoms with E-state index in [-0.39, 0.29) is 51.7 Å². The quantitative estimate of drug-likeness (QED) is 0.249. The van der Waals surface area contributed by atoms with E-state index in [1.165, 1.54) is 12.5 Å². The topological polar surface area (TPSA) is 103 Å². The molecule has 2 bridgehead atoms. The fourth-order valence-electron chi connectivity index (χ4n) is 9.43. The van der Waals surface area contributed by atoms with Gasteiger partial charge in [0.05, 0.1) is 29.8 Å². The van der Waals surface area contributed by atoms with Crippen LogP contribution in [0.15, 0.2) is 36.9 Å². The number of nitrogens with one attached hydrogen (secondary N) is 1. The Morgan fingerprint density at radius 1 is 1.25 bits per heavy atom. The summed E-state index contributed by atoms with van der Waals surface area (Å²) in [6.07, 6.45) is 10.5. The molecule has 3 saturated carbocycles. The summed E-state index contributed by atoms with van der Waals surface area (Å²) in [7, 11) is 0. The highest BCUT2D eigenvalue weighted by Gasteiger charge is 2.53. The Bertz CT molecular complexity index is 1270. The molecule has 0 spiro atoms. The van der Waals surface area contributed by atoms with Gasteiger partial charge in [-0.25, -0.2) is 0 Å². The molecule has 4 fully saturated rings. The number of ketones is 1. The highest BCUT2D eigenvalue weighted by molar-refractivity contribution is 5.96. The number of amides is 1. The van der Waals surface area contributed by atoms with Crippen LogP contribution in [0.25, 0.3) is 0 Å². The molecule has 1 aliphatic heterocycles. The maximum atomic E-state index is 13.8. The predicted molar refractivity (Wildman–Crippen MR) is 172 cm³/mol. The molecule has 3 aliphatic carbocycles. The fourth-order valence-corrected chi connectivity index (χ4v) is 9.43. The molecule has 1 saturated heterocycles. The van der Waals surface area contributed by atoms with Crippen LogP contribution in [0, 0.1) is 51.8 Å². The molecular weight excluding hydrogens is 550 g/mol. The number of aromatic hydroxyl groups is 1. The highest BCUT2D eigenvalue weighted by Crippen LogP contribution is 2.59. The molecule has 0 aromatic heterocycles. The predicted octanol–water partition coefficient (Wildman–Crippen LogP) is 6.53. The summed E-state index contributed by atoms with van der Waals surface area (Å²) < 4.78 is 6.70. The van der Waals surface area contributed by atoms with Crippen molar-refractivity contribution in [1.82, 2.24) is 10.2 Å². The number of allylic oxidation sites excluding steroid dienone is 1. The lowest BCUT2D eigenvalue weighted by Crippen LogP contribution is -2.50. The first kappa shape index (κ1) is 32.7. The number of fused-ring (bicyclic) bond motifs is 2. The Morgan fingerprint density at radius 2 is 2.00 bits per heavy atom. The van der Waals surface area contributed by atoms with Gasteiger partial charge in [-0.15, -0.1) is 6.58 Å². The largest absolute Gasteiger partial charge is 0.507 e. The van der Waals surface area contributed by atoms with E-state index in [1.54, 1.807) is 18.2 Å². The second kappa shape index (κ2) is 13.0. The average molecular weight is 604 g/mol. The van der Waals surface area contributed by atoms with Crippen molar-refractivity contribution in [3.05, 3.63) is 42.5 Å². The molecule has 44 heavy (non-hydrogen) atoms. The van der Waals surface area contributed by atoms with Gasteiger partial charge in [0.2, 0.25) is 0 Å². The van der Waals surface area contributed by atoms with Gasteiger partial charge in [-0.3, -0.25) is 14.5 Å². The van der Waals surface area contributed by atoms with E-state index in [0.29, 0.717) is 36.3 Å². The minimum absolute atomic E-state index is 0.000857. The van der Waals surface area contributed by atoms with Crippen molar-refractivity contribution in [2.24, 2.45) is 40.4 Å². The summed E-state index contributed by atoms with van der Waals surface area (Å²) in [6.45, 7) is 15.9. The first-order valence-corrected chi connectivity index (χ1v) is 16.9. The second-order valence-corrected chi connectivity index (χ2v) is 15.5. The third-order valence-electron chi connectivity index (χ3n) is 11.7. The van der Waals surface area contributed by atoms with Crippen LogP contribution < -0.4 is 5.32 Å². The third kappa shape index (κ3) is 7.23. The van der Waals surface area contributed by atoms with Gasteiger partial charge in [0, 0.05) is 38.0 Å². The van der Waals surface area contributed by atoms with Gasteiger partial charge in [0.1, 0.15) is 11.5 Å². The number of hydrogen-bond donors (Lipinski definition) is 2. The summed E-state index contributed by atoms with van der Waals surface area (Å²) in [5.74, 6) is 1.18. The Labute approximate surface area is 264 Å². The lowest BCUT2D eigenvalue weighted by atomic mass is 9.53. The average Bonchev–Trinajstić information content (AvgIpc) is 3.38. The molecule has 5 unspecified atom stereocenters. The zero-order chi connectivity index (χ0) is 31.7. The number of carbonyl (C=O) groups is 2. The molecule has 1 heterocycles. The normalized spacial score (nSPS) is 36.2. The summed E-state index contributed by atoms with van der Waals surface area (Å²) in [5, 5.41) is 23.1. The van der Waals surface area contributed by atoms with Crippen molar-refractivity contribution in [2.45, 2.75) is 97.1 Å². The van der Waals surface area contributed by atoms with Crippen molar-refractivity contribution < 1.29 is 19.4 Å².